The number of nitrogens with one attached hydrogen (secondary N) is 1. The van der Waals surface area contributed by atoms with Gasteiger partial charge in [0, 0.05) is 11.3 Å². The summed E-state index contributed by atoms with van der Waals surface area (Å²) < 4.78 is 0. The second-order valence-electron chi connectivity index (χ2n) is 2.14. The molecule has 48 valence electrons. The van der Waals surface area contributed by atoms with Crippen molar-refractivity contribution >= 4 is 11.8 Å². The molecule has 0 amide bonds. The van der Waals surface area contributed by atoms with Gasteiger partial charge >= 0.3 is 0 Å². The van der Waals surface area contributed by atoms with Crippen molar-refractivity contribution in [2.24, 2.45) is 5.84 Å². The summed E-state index contributed by atoms with van der Waals surface area (Å²) in [4.78, 5) is 0. The highest BCUT2D eigenvalue weighted by Crippen LogP contribution is 2.25. The van der Waals surface area contributed by atoms with Crippen molar-refractivity contribution in [1.82, 2.24) is 5.43 Å². The van der Waals surface area contributed by atoms with Crippen molar-refractivity contribution in [3.8, 4) is 0 Å². The van der Waals surface area contributed by atoms with Gasteiger partial charge in [-0.1, -0.05) is 6.92 Å². The molecule has 0 aromatic rings. The van der Waals surface area contributed by atoms with Crippen LogP contribution >= 0.6 is 11.8 Å². The first-order chi connectivity index (χ1) is 3.84. The fourth-order valence-electron chi connectivity index (χ4n) is 0.951. The summed E-state index contributed by atoms with van der Waals surface area (Å²) >= 11 is 1.99. The zero-order valence-corrected chi connectivity index (χ0v) is 5.87. The van der Waals surface area contributed by atoms with Crippen molar-refractivity contribution < 1.29 is 0 Å². The maximum Gasteiger partial charge on any atom is 0.0334 e. The van der Waals surface area contributed by atoms with Gasteiger partial charge in [-0.2, -0.15) is 11.8 Å². The van der Waals surface area contributed by atoms with Crippen LogP contribution in [-0.2, 0) is 0 Å². The summed E-state index contributed by atoms with van der Waals surface area (Å²) in [5, 5.41) is 0.708. The first-order valence-electron chi connectivity index (χ1n) is 2.92. The Morgan fingerprint density at radius 2 is 2.50 bits per heavy atom. The Bertz CT molecular complexity index is 76.8. The van der Waals surface area contributed by atoms with E-state index in [9.17, 15) is 0 Å². The standard InChI is InChI=1S/C5H12N2S/c1-4-5(7-6)2-3-8-4/h4-5,7H,2-3,6H2,1H3. The molecule has 1 aliphatic heterocycles. The van der Waals surface area contributed by atoms with Crippen LogP contribution in [0.2, 0.25) is 0 Å². The van der Waals surface area contributed by atoms with Gasteiger partial charge in [0.2, 0.25) is 0 Å². The molecule has 2 unspecified atom stereocenters. The lowest BCUT2D eigenvalue weighted by Gasteiger charge is -2.10. The van der Waals surface area contributed by atoms with Crippen LogP contribution in [0.3, 0.4) is 0 Å². The lowest BCUT2D eigenvalue weighted by Crippen LogP contribution is -2.38. The van der Waals surface area contributed by atoms with E-state index >= 15 is 0 Å². The molecule has 0 aromatic heterocycles. The highest BCUT2D eigenvalue weighted by molar-refractivity contribution is 8.00. The van der Waals surface area contributed by atoms with Crippen LogP contribution in [0.15, 0.2) is 0 Å². The molecule has 0 aliphatic carbocycles. The lowest BCUT2D eigenvalue weighted by atomic mass is 10.2. The molecule has 3 N–H and O–H groups in total. The molecule has 3 heteroatoms. The number of hydrogen-bond acceptors (Lipinski definition) is 3. The molecule has 0 radical (unpaired) electrons. The molecule has 8 heavy (non-hydrogen) atoms. The van der Waals surface area contributed by atoms with E-state index in [1.54, 1.807) is 0 Å². The van der Waals surface area contributed by atoms with E-state index in [1.807, 2.05) is 11.8 Å². The molecule has 0 spiro atoms. The quantitative estimate of drug-likeness (QED) is 0.399. The third kappa shape index (κ3) is 1.16. The van der Waals surface area contributed by atoms with E-state index in [0.717, 1.165) is 0 Å². The maximum absolute atomic E-state index is 5.26. The van der Waals surface area contributed by atoms with Crippen LogP contribution in [0.25, 0.3) is 0 Å². The Kier molecular flexibility index (Phi) is 2.16. The smallest absolute Gasteiger partial charge is 0.0334 e. The Hall–Kier alpha value is 0.270. The zero-order chi connectivity index (χ0) is 5.98. The third-order valence-electron chi connectivity index (χ3n) is 1.59. The van der Waals surface area contributed by atoms with Crippen molar-refractivity contribution in [1.29, 1.82) is 0 Å². The summed E-state index contributed by atoms with van der Waals surface area (Å²) in [7, 11) is 0. The Balaban J connectivity index is 2.30. The molecule has 2 nitrogen and oxygen atoms in total. The van der Waals surface area contributed by atoms with Crippen LogP contribution in [0, 0.1) is 0 Å². The first-order valence-corrected chi connectivity index (χ1v) is 3.97. The predicted octanol–water partition coefficient (Wildman–Crippen LogP) is 0.344. The molecule has 0 bridgehead atoms. The highest BCUT2D eigenvalue weighted by atomic mass is 32.2. The van der Waals surface area contributed by atoms with Crippen molar-refractivity contribution in [2.45, 2.75) is 24.6 Å². The summed E-state index contributed by atoms with van der Waals surface area (Å²) in [5.74, 6) is 6.52. The summed E-state index contributed by atoms with van der Waals surface area (Å²) in [6.45, 7) is 2.21. The molecule has 1 heterocycles. The first kappa shape index (κ1) is 6.39. The van der Waals surface area contributed by atoms with Crippen molar-refractivity contribution in [2.75, 3.05) is 5.75 Å². The van der Waals surface area contributed by atoms with Crippen LogP contribution in [-0.4, -0.2) is 17.0 Å². The van der Waals surface area contributed by atoms with E-state index in [0.29, 0.717) is 11.3 Å². The Morgan fingerprint density at radius 1 is 1.75 bits per heavy atom. The van der Waals surface area contributed by atoms with Crippen molar-refractivity contribution in [3.05, 3.63) is 0 Å². The number of hydrogen-bond donors (Lipinski definition) is 2. The average Bonchev–Trinajstić information content (AvgIpc) is 2.14. The normalized spacial score (nSPS) is 38.2. The van der Waals surface area contributed by atoms with Gasteiger partial charge in [-0.05, 0) is 12.2 Å². The molecule has 1 aliphatic rings. The summed E-state index contributed by atoms with van der Waals surface area (Å²) in [6.07, 6.45) is 1.22. The van der Waals surface area contributed by atoms with E-state index < -0.39 is 0 Å². The van der Waals surface area contributed by atoms with E-state index in [2.05, 4.69) is 12.3 Å². The van der Waals surface area contributed by atoms with Crippen molar-refractivity contribution in [3.63, 3.8) is 0 Å². The zero-order valence-electron chi connectivity index (χ0n) is 5.05. The number of thioether (sulfide) groups is 1. The van der Waals surface area contributed by atoms with Gasteiger partial charge in [-0.25, -0.2) is 0 Å². The molecule has 1 rings (SSSR count). The van der Waals surface area contributed by atoms with Gasteiger partial charge < -0.3 is 0 Å². The van der Waals surface area contributed by atoms with Crippen LogP contribution in [0.4, 0.5) is 0 Å². The van der Waals surface area contributed by atoms with Crippen LogP contribution < -0.4 is 11.3 Å². The van der Waals surface area contributed by atoms with Gasteiger partial charge in [0.15, 0.2) is 0 Å². The predicted molar refractivity (Wildman–Crippen MR) is 37.6 cm³/mol. The van der Waals surface area contributed by atoms with E-state index in [-0.39, 0.29) is 0 Å². The second kappa shape index (κ2) is 2.71. The molecule has 1 fully saturated rings. The SMILES string of the molecule is CC1SCCC1NN. The van der Waals surface area contributed by atoms with Gasteiger partial charge in [0.1, 0.15) is 0 Å². The fraction of sp³-hybridized carbons (Fsp3) is 1.00. The van der Waals surface area contributed by atoms with Gasteiger partial charge in [-0.3, -0.25) is 11.3 Å². The minimum absolute atomic E-state index is 0.556. The number of nitrogens with two attached hydrogens (primary N) is 1. The summed E-state index contributed by atoms with van der Waals surface area (Å²) in [6, 6.07) is 0.556. The van der Waals surface area contributed by atoms with Gasteiger partial charge in [0.05, 0.1) is 0 Å². The largest absolute Gasteiger partial charge is 0.271 e. The molecular weight excluding hydrogens is 120 g/mol. The van der Waals surface area contributed by atoms with Crippen LogP contribution in [0.5, 0.6) is 0 Å². The van der Waals surface area contributed by atoms with E-state index in [1.165, 1.54) is 12.2 Å². The molecule has 0 aromatic carbocycles. The minimum atomic E-state index is 0.556. The topological polar surface area (TPSA) is 38.0 Å². The van der Waals surface area contributed by atoms with Gasteiger partial charge in [-0.15, -0.1) is 0 Å². The Labute approximate surface area is 54.2 Å². The number of rotatable bonds is 1. The second-order valence-corrected chi connectivity index (χ2v) is 3.62. The van der Waals surface area contributed by atoms with Crippen LogP contribution in [0.1, 0.15) is 13.3 Å². The molecular formula is C5H12N2S. The number of hydrazine groups is 1. The average molecular weight is 132 g/mol. The lowest BCUT2D eigenvalue weighted by molar-refractivity contribution is 0.531. The minimum Gasteiger partial charge on any atom is -0.271 e. The maximum atomic E-state index is 5.26. The highest BCUT2D eigenvalue weighted by Gasteiger charge is 2.21. The Morgan fingerprint density at radius 3 is 2.75 bits per heavy atom. The van der Waals surface area contributed by atoms with E-state index in [4.69, 9.17) is 5.84 Å². The third-order valence-corrected chi connectivity index (χ3v) is 2.92. The molecule has 2 atom stereocenters. The molecule has 1 saturated heterocycles. The van der Waals surface area contributed by atoms with Gasteiger partial charge in [0.25, 0.3) is 0 Å². The fourth-order valence-corrected chi connectivity index (χ4v) is 2.16. The molecule has 0 saturated carbocycles. The summed E-state index contributed by atoms with van der Waals surface area (Å²) in [5.41, 5.74) is 2.79. The monoisotopic (exact) mass is 132 g/mol.